The fraction of sp³-hybridized carbons (Fsp3) is 0.875. The Labute approximate surface area is 62.9 Å². The average Bonchev–Trinajstić information content (AvgIpc) is 2.31. The van der Waals surface area contributed by atoms with Gasteiger partial charge in [0.1, 0.15) is 0 Å². The molecule has 0 spiro atoms. The fourth-order valence-electron chi connectivity index (χ4n) is 1.15. The highest BCUT2D eigenvalue weighted by molar-refractivity contribution is 5.57. The summed E-state index contributed by atoms with van der Waals surface area (Å²) in [7, 11) is 0. The minimum absolute atomic E-state index is 0.525. The number of unbranched alkanes of at least 4 members (excludes halogenated alkanes) is 1. The van der Waals surface area contributed by atoms with Crippen LogP contribution in [0.5, 0.6) is 0 Å². The summed E-state index contributed by atoms with van der Waals surface area (Å²) in [5.41, 5.74) is 0. The molecule has 0 saturated heterocycles. The first kappa shape index (κ1) is 7.58. The average molecular weight is 140 g/mol. The first-order chi connectivity index (χ1) is 4.83. The molecule has 0 N–H and O–H groups in total. The Balaban J connectivity index is 2.14. The van der Waals surface area contributed by atoms with E-state index in [0.717, 1.165) is 6.54 Å². The first-order valence-electron chi connectivity index (χ1n) is 4.10. The van der Waals surface area contributed by atoms with Gasteiger partial charge in [0, 0.05) is 13.1 Å². The number of rotatable bonds is 3. The lowest BCUT2D eigenvalue weighted by Gasteiger charge is -2.13. The van der Waals surface area contributed by atoms with Crippen molar-refractivity contribution in [3.63, 3.8) is 0 Å². The zero-order valence-corrected chi connectivity index (χ0v) is 6.88. The van der Waals surface area contributed by atoms with Gasteiger partial charge in [-0.2, -0.15) is 0 Å². The molecule has 0 radical (unpaired) electrons. The topological polar surface area (TPSA) is 15.6 Å². The monoisotopic (exact) mass is 140 g/mol. The van der Waals surface area contributed by atoms with Gasteiger partial charge in [0.05, 0.1) is 12.4 Å². The molecule has 0 aliphatic carbocycles. The summed E-state index contributed by atoms with van der Waals surface area (Å²) in [5, 5.41) is 0. The lowest BCUT2D eigenvalue weighted by Crippen LogP contribution is -2.23. The molecule has 10 heavy (non-hydrogen) atoms. The van der Waals surface area contributed by atoms with E-state index in [1.165, 1.54) is 19.4 Å². The van der Waals surface area contributed by atoms with Crippen LogP contribution in [0.25, 0.3) is 0 Å². The van der Waals surface area contributed by atoms with Crippen LogP contribution in [0, 0.1) is 0 Å². The van der Waals surface area contributed by atoms with E-state index in [4.69, 9.17) is 0 Å². The van der Waals surface area contributed by atoms with Crippen LogP contribution in [0.15, 0.2) is 4.99 Å². The van der Waals surface area contributed by atoms with Gasteiger partial charge in [0.2, 0.25) is 0 Å². The second-order valence-corrected chi connectivity index (χ2v) is 2.96. The molecule has 1 heterocycles. The summed E-state index contributed by atoms with van der Waals surface area (Å²) < 4.78 is 0. The van der Waals surface area contributed by atoms with Gasteiger partial charge in [0.25, 0.3) is 0 Å². The minimum atomic E-state index is 0.525. The smallest absolute Gasteiger partial charge is 0.0854 e. The maximum atomic E-state index is 4.27. The van der Waals surface area contributed by atoms with Crippen LogP contribution in [0.3, 0.4) is 0 Å². The van der Waals surface area contributed by atoms with Crippen molar-refractivity contribution in [3.8, 4) is 0 Å². The quantitative estimate of drug-likeness (QED) is 0.580. The van der Waals surface area contributed by atoms with Crippen LogP contribution in [-0.2, 0) is 0 Å². The van der Waals surface area contributed by atoms with Crippen molar-refractivity contribution in [3.05, 3.63) is 0 Å². The van der Waals surface area contributed by atoms with Crippen LogP contribution in [-0.4, -0.2) is 30.4 Å². The van der Waals surface area contributed by atoms with E-state index in [0.29, 0.717) is 6.04 Å². The molecule has 0 saturated carbocycles. The molecular formula is C8H16N2. The number of nitrogens with zero attached hydrogens (tertiary/aromatic N) is 2. The van der Waals surface area contributed by atoms with Gasteiger partial charge in [-0.3, -0.25) is 4.99 Å². The van der Waals surface area contributed by atoms with Crippen molar-refractivity contribution in [2.45, 2.75) is 32.7 Å². The maximum absolute atomic E-state index is 4.27. The Morgan fingerprint density at radius 3 is 3.00 bits per heavy atom. The van der Waals surface area contributed by atoms with Gasteiger partial charge in [-0.05, 0) is 13.3 Å². The molecule has 0 amide bonds. The summed E-state index contributed by atoms with van der Waals surface area (Å²) in [6, 6.07) is 0.525. The van der Waals surface area contributed by atoms with Crippen molar-refractivity contribution in [2.24, 2.45) is 4.99 Å². The van der Waals surface area contributed by atoms with Crippen molar-refractivity contribution in [1.82, 2.24) is 4.90 Å². The maximum Gasteiger partial charge on any atom is 0.0854 e. The van der Waals surface area contributed by atoms with Crippen molar-refractivity contribution < 1.29 is 0 Å². The molecule has 2 heteroatoms. The lowest BCUT2D eigenvalue weighted by molar-refractivity contribution is 0.428. The molecule has 0 fully saturated rings. The molecule has 1 rings (SSSR count). The summed E-state index contributed by atoms with van der Waals surface area (Å²) in [6.45, 7) is 6.68. The number of hydrogen-bond acceptors (Lipinski definition) is 2. The Kier molecular flexibility index (Phi) is 2.72. The summed E-state index contributed by atoms with van der Waals surface area (Å²) >= 11 is 0. The van der Waals surface area contributed by atoms with Crippen molar-refractivity contribution in [1.29, 1.82) is 0 Å². The highest BCUT2D eigenvalue weighted by atomic mass is 15.2. The predicted octanol–water partition coefficient (Wildman–Crippen LogP) is 1.52. The van der Waals surface area contributed by atoms with Gasteiger partial charge in [-0.25, -0.2) is 0 Å². The molecule has 0 bridgehead atoms. The van der Waals surface area contributed by atoms with E-state index in [2.05, 4.69) is 23.7 Å². The zero-order chi connectivity index (χ0) is 7.40. The zero-order valence-electron chi connectivity index (χ0n) is 6.88. The normalized spacial score (nSPS) is 24.2. The summed E-state index contributed by atoms with van der Waals surface area (Å²) in [4.78, 5) is 6.57. The van der Waals surface area contributed by atoms with Crippen molar-refractivity contribution >= 4 is 6.34 Å². The second kappa shape index (κ2) is 3.59. The summed E-state index contributed by atoms with van der Waals surface area (Å²) in [5.74, 6) is 0. The third-order valence-electron chi connectivity index (χ3n) is 1.78. The predicted molar refractivity (Wildman–Crippen MR) is 44.4 cm³/mol. The van der Waals surface area contributed by atoms with E-state index < -0.39 is 0 Å². The van der Waals surface area contributed by atoms with Gasteiger partial charge < -0.3 is 4.90 Å². The van der Waals surface area contributed by atoms with Crippen LogP contribution in [0.2, 0.25) is 0 Å². The van der Waals surface area contributed by atoms with Gasteiger partial charge in [-0.15, -0.1) is 0 Å². The molecule has 1 unspecified atom stereocenters. The molecule has 2 nitrogen and oxygen atoms in total. The molecule has 0 aromatic rings. The van der Waals surface area contributed by atoms with Gasteiger partial charge in [-0.1, -0.05) is 13.3 Å². The van der Waals surface area contributed by atoms with Crippen LogP contribution in [0.4, 0.5) is 0 Å². The molecule has 1 atom stereocenters. The lowest BCUT2D eigenvalue weighted by atomic mass is 10.3. The Hall–Kier alpha value is -0.530. The Bertz CT molecular complexity index is 120. The van der Waals surface area contributed by atoms with E-state index in [-0.39, 0.29) is 0 Å². The third kappa shape index (κ3) is 2.01. The molecule has 0 aromatic carbocycles. The first-order valence-corrected chi connectivity index (χ1v) is 4.10. The molecule has 58 valence electrons. The third-order valence-corrected chi connectivity index (χ3v) is 1.78. The highest BCUT2D eigenvalue weighted by Gasteiger charge is 2.10. The minimum Gasteiger partial charge on any atom is -0.361 e. The second-order valence-electron chi connectivity index (χ2n) is 2.96. The Morgan fingerprint density at radius 2 is 2.50 bits per heavy atom. The summed E-state index contributed by atoms with van der Waals surface area (Å²) in [6.07, 6.45) is 4.55. The van der Waals surface area contributed by atoms with E-state index in [1.54, 1.807) is 0 Å². The highest BCUT2D eigenvalue weighted by Crippen LogP contribution is 2.03. The number of hydrogen-bond donors (Lipinski definition) is 0. The fourth-order valence-corrected chi connectivity index (χ4v) is 1.15. The van der Waals surface area contributed by atoms with Crippen molar-refractivity contribution in [2.75, 3.05) is 13.1 Å². The van der Waals surface area contributed by atoms with Gasteiger partial charge in [0.15, 0.2) is 0 Å². The van der Waals surface area contributed by atoms with Crippen LogP contribution < -0.4 is 0 Å². The number of aliphatic imine (C=N–C) groups is 1. The van der Waals surface area contributed by atoms with Gasteiger partial charge >= 0.3 is 0 Å². The molecule has 1 aliphatic rings. The van der Waals surface area contributed by atoms with Crippen LogP contribution >= 0.6 is 0 Å². The van der Waals surface area contributed by atoms with E-state index >= 15 is 0 Å². The SMILES string of the molecule is CCCCN1C=NC(C)C1. The largest absolute Gasteiger partial charge is 0.361 e. The standard InChI is InChI=1S/C8H16N2/c1-3-4-5-10-6-8(2)9-7-10/h7-8H,3-6H2,1-2H3. The Morgan fingerprint density at radius 1 is 1.70 bits per heavy atom. The molecule has 1 aliphatic heterocycles. The van der Waals surface area contributed by atoms with Crippen LogP contribution in [0.1, 0.15) is 26.7 Å². The molecule has 0 aromatic heterocycles. The van der Waals surface area contributed by atoms with E-state index in [1.807, 2.05) is 6.34 Å². The van der Waals surface area contributed by atoms with E-state index in [9.17, 15) is 0 Å². The molecular weight excluding hydrogens is 124 g/mol.